The number of halogens is 4. The number of likely N-dealkylation sites (tertiary alicyclic amines) is 2. The van der Waals surface area contributed by atoms with Gasteiger partial charge in [0.05, 0.1) is 23.5 Å². The topological polar surface area (TPSA) is 197 Å². The molecule has 8 aliphatic rings. The molecule has 2 aromatic carbocycles. The predicted molar refractivity (Wildman–Crippen MR) is 228 cm³/mol. The number of hydrogen-bond acceptors (Lipinski definition) is 6. The summed E-state index contributed by atoms with van der Waals surface area (Å²) >= 11 is 0. The molecule has 0 bridgehead atoms. The highest BCUT2D eigenvalue weighted by atomic mass is 19.3. The Kier molecular flexibility index (Phi) is 8.98. The Morgan fingerprint density at radius 2 is 1.02 bits per heavy atom. The van der Waals surface area contributed by atoms with Crippen LogP contribution in [0.4, 0.5) is 27.2 Å². The van der Waals surface area contributed by atoms with Gasteiger partial charge in [0, 0.05) is 59.3 Å². The lowest BCUT2D eigenvalue weighted by Crippen LogP contribution is -2.52. The number of carboxylic acid groups (broad SMARTS) is 2. The highest BCUT2D eigenvalue weighted by Crippen LogP contribution is 2.67. The molecule has 6 N–H and O–H groups in total. The number of piperidine rings is 2. The SMILES string of the molecule is Cc1c(-c2ccc(-c3c[nH]c(C4CC5CC5N4C(=O)[C@H](NC(=O)O)C4C[C@@H]5[C@@H](C4)C5(F)F)n3)cc2)ccc(-c2c[nH]c(C3CC4CC4N3C(=O)[C@H](NC(=O)O)C3C[C@@H]4[C@@H](C3)C4(F)F)n2)c1C. The fourth-order valence-electron chi connectivity index (χ4n) is 13.2. The van der Waals surface area contributed by atoms with Gasteiger partial charge in [0.1, 0.15) is 23.7 Å². The van der Waals surface area contributed by atoms with Crippen molar-refractivity contribution in [3.63, 3.8) is 0 Å². The van der Waals surface area contributed by atoms with Gasteiger partial charge in [-0.25, -0.2) is 37.1 Å². The number of nitrogens with zero attached hydrogens (tertiary/aromatic N) is 4. The summed E-state index contributed by atoms with van der Waals surface area (Å²) in [5.41, 5.74) is 7.27. The summed E-state index contributed by atoms with van der Waals surface area (Å²) in [7, 11) is 0. The zero-order valence-electron chi connectivity index (χ0n) is 36.2. The monoisotopic (exact) mass is 910 g/mol. The lowest BCUT2D eigenvalue weighted by atomic mass is 9.92. The van der Waals surface area contributed by atoms with E-state index in [1.54, 1.807) is 16.0 Å². The van der Waals surface area contributed by atoms with Gasteiger partial charge in [-0.2, -0.15) is 0 Å². The number of H-pyrrole nitrogens is 2. The van der Waals surface area contributed by atoms with Crippen LogP contribution in [0.2, 0.25) is 0 Å². The van der Waals surface area contributed by atoms with Crippen LogP contribution >= 0.6 is 0 Å². The van der Waals surface area contributed by atoms with Gasteiger partial charge < -0.3 is 40.6 Å². The van der Waals surface area contributed by atoms with Crippen LogP contribution in [0.3, 0.4) is 0 Å². The molecule has 6 aliphatic carbocycles. The van der Waals surface area contributed by atoms with Crippen molar-refractivity contribution in [1.82, 2.24) is 40.4 Å². The van der Waals surface area contributed by atoms with Crippen molar-refractivity contribution in [3.8, 4) is 33.6 Å². The smallest absolute Gasteiger partial charge is 0.405 e. The molecule has 12 atom stereocenters. The van der Waals surface area contributed by atoms with E-state index in [1.165, 1.54) is 0 Å². The third-order valence-corrected chi connectivity index (χ3v) is 17.1. The fraction of sp³-hybridized carbons (Fsp3) is 0.542. The Balaban J connectivity index is 0.733. The van der Waals surface area contributed by atoms with Crippen LogP contribution in [-0.2, 0) is 9.59 Å². The van der Waals surface area contributed by atoms with Crippen molar-refractivity contribution in [1.29, 1.82) is 0 Å². The largest absolute Gasteiger partial charge is 0.465 e. The average Bonchev–Trinajstić information content (AvgIpc) is 3.98. The van der Waals surface area contributed by atoms with E-state index in [9.17, 15) is 47.0 Å². The average molecular weight is 911 g/mol. The van der Waals surface area contributed by atoms with Gasteiger partial charge >= 0.3 is 12.2 Å². The molecule has 4 heterocycles. The summed E-state index contributed by atoms with van der Waals surface area (Å²) in [6.07, 6.45) is 4.44. The van der Waals surface area contributed by atoms with Crippen molar-refractivity contribution in [2.24, 2.45) is 47.3 Å². The lowest BCUT2D eigenvalue weighted by molar-refractivity contribution is -0.138. The number of hydrogen-bond donors (Lipinski definition) is 6. The number of fused-ring (bicyclic) bond motifs is 4. The molecular weight excluding hydrogens is 861 g/mol. The number of carbonyl (C=O) groups excluding carboxylic acids is 2. The zero-order valence-corrected chi connectivity index (χ0v) is 36.2. The highest BCUT2D eigenvalue weighted by molar-refractivity contribution is 5.88. The summed E-state index contributed by atoms with van der Waals surface area (Å²) in [6, 6.07) is 9.10. The summed E-state index contributed by atoms with van der Waals surface area (Å²) in [4.78, 5) is 71.9. The number of aromatic nitrogens is 4. The van der Waals surface area contributed by atoms with Crippen LogP contribution in [0.15, 0.2) is 48.8 Å². The van der Waals surface area contributed by atoms with Crippen molar-refractivity contribution in [2.45, 2.75) is 113 Å². The van der Waals surface area contributed by atoms with E-state index in [0.29, 0.717) is 35.9 Å². The van der Waals surface area contributed by atoms with E-state index < -0.39 is 71.6 Å². The Morgan fingerprint density at radius 3 is 1.48 bits per heavy atom. The third kappa shape index (κ3) is 6.46. The molecular formula is C48H50F4N8O6. The maximum absolute atomic E-state index is 14.2. The first-order valence-electron chi connectivity index (χ1n) is 23.2. The molecule has 66 heavy (non-hydrogen) atoms. The van der Waals surface area contributed by atoms with Gasteiger partial charge in [0.2, 0.25) is 11.8 Å². The molecule has 4 aromatic rings. The first-order valence-corrected chi connectivity index (χ1v) is 23.2. The van der Waals surface area contributed by atoms with E-state index in [4.69, 9.17) is 9.97 Å². The highest BCUT2D eigenvalue weighted by Gasteiger charge is 2.74. The van der Waals surface area contributed by atoms with Crippen LogP contribution in [0.25, 0.3) is 33.6 Å². The molecule has 4 amide bonds. The van der Waals surface area contributed by atoms with E-state index in [1.807, 2.05) is 43.5 Å². The molecule has 0 radical (unpaired) electrons. The van der Waals surface area contributed by atoms with E-state index in [0.717, 1.165) is 46.2 Å². The number of amides is 4. The second kappa shape index (κ2) is 14.3. The minimum atomic E-state index is -2.73. The predicted octanol–water partition coefficient (Wildman–Crippen LogP) is 7.93. The zero-order chi connectivity index (χ0) is 45.9. The van der Waals surface area contributed by atoms with E-state index in [2.05, 4.69) is 33.6 Å². The minimum absolute atomic E-state index is 0.0315. The van der Waals surface area contributed by atoms with Crippen LogP contribution in [0.1, 0.15) is 86.2 Å². The Morgan fingerprint density at radius 1 is 0.606 bits per heavy atom. The number of imidazole rings is 2. The van der Waals surface area contributed by atoms with Gasteiger partial charge in [-0.3, -0.25) is 9.59 Å². The maximum atomic E-state index is 14.2. The Bertz CT molecular complexity index is 2680. The molecule has 0 spiro atoms. The molecule has 2 aromatic heterocycles. The molecule has 12 rings (SSSR count). The van der Waals surface area contributed by atoms with Crippen LogP contribution < -0.4 is 10.6 Å². The van der Waals surface area contributed by atoms with Crippen molar-refractivity contribution >= 4 is 24.0 Å². The van der Waals surface area contributed by atoms with E-state index >= 15 is 0 Å². The molecule has 14 nitrogen and oxygen atoms in total. The summed E-state index contributed by atoms with van der Waals surface area (Å²) in [5.74, 6) is -8.52. The van der Waals surface area contributed by atoms with Crippen LogP contribution in [0, 0.1) is 61.2 Å². The van der Waals surface area contributed by atoms with Gasteiger partial charge in [0.25, 0.3) is 11.8 Å². The van der Waals surface area contributed by atoms with Gasteiger partial charge in [0.15, 0.2) is 0 Å². The molecule has 6 saturated carbocycles. The number of nitrogens with one attached hydrogen (secondary N) is 4. The van der Waals surface area contributed by atoms with Gasteiger partial charge in [-0.05, 0) is 111 Å². The van der Waals surface area contributed by atoms with Crippen LogP contribution in [0.5, 0.6) is 0 Å². The quantitative estimate of drug-likeness (QED) is 0.0816. The fourth-order valence-corrected chi connectivity index (χ4v) is 13.2. The standard InChI is InChI=1S/C48H50F4N8O6/c1-19-20(2)28(34-18-54-42(56-34)38-16-24-14-36(24)60(38)44(62)40(58-46(65)66)26-11-31-32(12-26)48(31,51)52)8-7-27(19)21-3-5-22(6-4-21)33-17-53-41(55-33)37-15-23-13-35(23)59(37)43(61)39(57-45(63)64)25-9-29-30(10-25)47(29,49)50/h3-8,17-18,23-26,29-32,35-40,57-58H,9-16H2,1-2H3,(H,53,55)(H,54,56)(H,63,64)(H,65,66)/t23?,24?,29-,30-,31-,32-,35?,36?,37?,38?,39-,40-/m1/s1. The van der Waals surface area contributed by atoms with Crippen molar-refractivity contribution in [2.75, 3.05) is 0 Å². The molecule has 346 valence electrons. The first kappa shape index (κ1) is 41.5. The van der Waals surface area contributed by atoms with Gasteiger partial charge in [-0.1, -0.05) is 36.4 Å². The second-order valence-corrected chi connectivity index (χ2v) is 20.5. The first-order chi connectivity index (χ1) is 31.5. The van der Waals surface area contributed by atoms with Crippen LogP contribution in [-0.4, -0.2) is 100.0 Å². The summed E-state index contributed by atoms with van der Waals surface area (Å²) < 4.78 is 56.2. The minimum Gasteiger partial charge on any atom is -0.465 e. The number of carbonyl (C=O) groups is 4. The molecule has 8 fully saturated rings. The number of alkyl halides is 4. The number of rotatable bonds is 11. The third-order valence-electron chi connectivity index (χ3n) is 17.1. The van der Waals surface area contributed by atoms with E-state index in [-0.39, 0.29) is 73.5 Å². The van der Waals surface area contributed by atoms with Crippen molar-refractivity contribution < 1.29 is 47.0 Å². The Labute approximate surface area is 376 Å². The summed E-state index contributed by atoms with van der Waals surface area (Å²) in [5, 5.41) is 24.1. The Hall–Kier alpha value is -5.94. The molecule has 6 unspecified atom stereocenters. The van der Waals surface area contributed by atoms with Gasteiger partial charge in [-0.15, -0.1) is 0 Å². The molecule has 2 saturated heterocycles. The maximum Gasteiger partial charge on any atom is 0.405 e. The number of aromatic amines is 2. The van der Waals surface area contributed by atoms with Crippen molar-refractivity contribution in [3.05, 3.63) is 71.6 Å². The molecule has 2 aliphatic heterocycles. The lowest BCUT2D eigenvalue weighted by Gasteiger charge is -2.33. The summed E-state index contributed by atoms with van der Waals surface area (Å²) in [6.45, 7) is 4.09. The number of benzene rings is 2. The normalized spacial score (nSPS) is 32.5. The second-order valence-electron chi connectivity index (χ2n) is 20.5. The molecule has 18 heteroatoms.